The van der Waals surface area contributed by atoms with Crippen molar-refractivity contribution in [3.8, 4) is 5.88 Å². The number of nitrogens with zero attached hydrogens (tertiary/aromatic N) is 2. The van der Waals surface area contributed by atoms with Gasteiger partial charge in [0.1, 0.15) is 0 Å². The van der Waals surface area contributed by atoms with Crippen molar-refractivity contribution in [3.63, 3.8) is 0 Å². The lowest BCUT2D eigenvalue weighted by molar-refractivity contribution is -0.136. The van der Waals surface area contributed by atoms with Crippen molar-refractivity contribution in [2.45, 2.75) is 6.18 Å². The van der Waals surface area contributed by atoms with Crippen molar-refractivity contribution in [3.05, 3.63) is 23.8 Å². The van der Waals surface area contributed by atoms with E-state index in [0.717, 1.165) is 6.07 Å². The van der Waals surface area contributed by atoms with Gasteiger partial charge in [0.15, 0.2) is 0 Å². The van der Waals surface area contributed by atoms with Gasteiger partial charge in [0.05, 0.1) is 16.5 Å². The molecule has 0 aliphatic heterocycles. The number of fused-ring (bicyclic) bond motifs is 1. The molecule has 7 heteroatoms. The van der Waals surface area contributed by atoms with Crippen LogP contribution in [0.15, 0.2) is 18.2 Å². The van der Waals surface area contributed by atoms with Crippen molar-refractivity contribution in [2.24, 2.45) is 0 Å². The minimum absolute atomic E-state index is 0.0418. The number of nitrogens with two attached hydrogens (primary N) is 1. The summed E-state index contributed by atoms with van der Waals surface area (Å²) in [7, 11) is 0. The summed E-state index contributed by atoms with van der Waals surface area (Å²) in [5, 5.41) is 8.92. The SMILES string of the molecule is Nc1nc(O)c2c(C(F)(F)F)cccc2n1. The Kier molecular flexibility index (Phi) is 2.11. The standard InChI is InChI=1S/C9H6F3N3O/c10-9(11,12)4-2-1-3-5-6(4)7(16)15-8(13)14-5/h1-3H,(H3,13,14,15,16). The lowest BCUT2D eigenvalue weighted by atomic mass is 10.1. The zero-order valence-electron chi connectivity index (χ0n) is 7.78. The normalized spacial score (nSPS) is 11.9. The third kappa shape index (κ3) is 1.60. The molecule has 1 aromatic carbocycles. The summed E-state index contributed by atoms with van der Waals surface area (Å²) in [6.07, 6.45) is -4.57. The Balaban J connectivity index is 2.87. The molecule has 84 valence electrons. The van der Waals surface area contributed by atoms with Gasteiger partial charge in [-0.15, -0.1) is 0 Å². The Labute approximate surface area is 87.5 Å². The van der Waals surface area contributed by atoms with E-state index < -0.39 is 23.0 Å². The zero-order valence-corrected chi connectivity index (χ0v) is 7.78. The molecule has 0 fully saturated rings. The van der Waals surface area contributed by atoms with E-state index in [4.69, 9.17) is 5.73 Å². The molecule has 0 atom stereocenters. The average Bonchev–Trinajstić information content (AvgIpc) is 2.14. The second-order valence-corrected chi connectivity index (χ2v) is 3.10. The van der Waals surface area contributed by atoms with E-state index in [2.05, 4.69) is 9.97 Å². The first-order chi connectivity index (χ1) is 7.39. The van der Waals surface area contributed by atoms with Gasteiger partial charge in [0.25, 0.3) is 0 Å². The molecule has 0 saturated carbocycles. The Bertz CT molecular complexity index is 553. The second kappa shape index (κ2) is 3.22. The minimum atomic E-state index is -4.57. The summed E-state index contributed by atoms with van der Waals surface area (Å²) in [5.41, 5.74) is 4.19. The number of aromatic hydroxyl groups is 1. The van der Waals surface area contributed by atoms with E-state index in [1.54, 1.807) is 0 Å². The molecule has 0 amide bonds. The zero-order chi connectivity index (χ0) is 11.9. The van der Waals surface area contributed by atoms with Gasteiger partial charge < -0.3 is 10.8 Å². The Morgan fingerprint density at radius 1 is 1.19 bits per heavy atom. The van der Waals surface area contributed by atoms with E-state index in [-0.39, 0.29) is 11.5 Å². The highest BCUT2D eigenvalue weighted by molar-refractivity contribution is 5.87. The van der Waals surface area contributed by atoms with Crippen LogP contribution in [0.2, 0.25) is 0 Å². The first-order valence-electron chi connectivity index (χ1n) is 4.22. The molecule has 0 unspecified atom stereocenters. The van der Waals surface area contributed by atoms with Crippen molar-refractivity contribution in [2.75, 3.05) is 5.73 Å². The summed E-state index contributed by atoms with van der Waals surface area (Å²) >= 11 is 0. The lowest BCUT2D eigenvalue weighted by Crippen LogP contribution is -2.07. The smallest absolute Gasteiger partial charge is 0.417 e. The summed E-state index contributed by atoms with van der Waals surface area (Å²) in [4.78, 5) is 6.92. The maximum Gasteiger partial charge on any atom is 0.417 e. The molecule has 16 heavy (non-hydrogen) atoms. The highest BCUT2D eigenvalue weighted by Gasteiger charge is 2.34. The molecule has 0 radical (unpaired) electrons. The molecule has 4 nitrogen and oxygen atoms in total. The number of halogens is 3. The minimum Gasteiger partial charge on any atom is -0.493 e. The van der Waals surface area contributed by atoms with E-state index in [9.17, 15) is 18.3 Å². The molecule has 0 saturated heterocycles. The third-order valence-electron chi connectivity index (χ3n) is 2.03. The number of hydrogen-bond donors (Lipinski definition) is 2. The molecule has 2 aromatic rings. The van der Waals surface area contributed by atoms with Gasteiger partial charge in [0.2, 0.25) is 11.8 Å². The fourth-order valence-corrected chi connectivity index (χ4v) is 1.42. The van der Waals surface area contributed by atoms with Gasteiger partial charge in [-0.05, 0) is 12.1 Å². The van der Waals surface area contributed by atoms with Crippen LogP contribution in [0.25, 0.3) is 10.9 Å². The monoisotopic (exact) mass is 229 g/mol. The first-order valence-corrected chi connectivity index (χ1v) is 4.22. The van der Waals surface area contributed by atoms with E-state index in [0.29, 0.717) is 0 Å². The van der Waals surface area contributed by atoms with E-state index in [1.165, 1.54) is 12.1 Å². The number of alkyl halides is 3. The number of nitrogen functional groups attached to an aromatic ring is 1. The van der Waals surface area contributed by atoms with Gasteiger partial charge in [-0.25, -0.2) is 4.98 Å². The fourth-order valence-electron chi connectivity index (χ4n) is 1.42. The Morgan fingerprint density at radius 2 is 1.88 bits per heavy atom. The fraction of sp³-hybridized carbons (Fsp3) is 0.111. The number of anilines is 1. The van der Waals surface area contributed by atoms with Crippen molar-refractivity contribution in [1.82, 2.24) is 9.97 Å². The Morgan fingerprint density at radius 3 is 2.50 bits per heavy atom. The maximum absolute atomic E-state index is 12.6. The first kappa shape index (κ1) is 10.5. The van der Waals surface area contributed by atoms with Gasteiger partial charge in [0, 0.05) is 0 Å². The molecular formula is C9H6F3N3O. The number of benzene rings is 1. The summed E-state index contributed by atoms with van der Waals surface area (Å²) < 4.78 is 37.8. The number of hydrogen-bond acceptors (Lipinski definition) is 4. The molecule has 3 N–H and O–H groups in total. The topological polar surface area (TPSA) is 72.0 Å². The van der Waals surface area contributed by atoms with Crippen LogP contribution in [0.3, 0.4) is 0 Å². The van der Waals surface area contributed by atoms with Crippen molar-refractivity contribution >= 4 is 16.9 Å². The van der Waals surface area contributed by atoms with Gasteiger partial charge in [-0.2, -0.15) is 18.2 Å². The molecule has 0 aliphatic rings. The van der Waals surface area contributed by atoms with Gasteiger partial charge in [-0.3, -0.25) is 0 Å². The summed E-state index contributed by atoms with van der Waals surface area (Å²) in [5.74, 6) is -1.04. The van der Waals surface area contributed by atoms with Gasteiger partial charge in [-0.1, -0.05) is 6.07 Å². The van der Waals surface area contributed by atoms with Crippen LogP contribution in [-0.4, -0.2) is 15.1 Å². The number of rotatable bonds is 0. The molecule has 2 rings (SSSR count). The number of aromatic nitrogens is 2. The lowest BCUT2D eigenvalue weighted by Gasteiger charge is -2.10. The predicted octanol–water partition coefficient (Wildman–Crippen LogP) is 1.94. The van der Waals surface area contributed by atoms with Crippen LogP contribution in [0, 0.1) is 0 Å². The largest absolute Gasteiger partial charge is 0.493 e. The molecule has 0 spiro atoms. The van der Waals surface area contributed by atoms with Crippen LogP contribution in [0.4, 0.5) is 19.1 Å². The van der Waals surface area contributed by atoms with E-state index in [1.807, 2.05) is 0 Å². The van der Waals surface area contributed by atoms with E-state index >= 15 is 0 Å². The highest BCUT2D eigenvalue weighted by Crippen LogP contribution is 2.37. The third-order valence-corrected chi connectivity index (χ3v) is 2.03. The molecule has 0 bridgehead atoms. The quantitative estimate of drug-likeness (QED) is 0.724. The average molecular weight is 229 g/mol. The van der Waals surface area contributed by atoms with Crippen LogP contribution in [0.1, 0.15) is 5.56 Å². The second-order valence-electron chi connectivity index (χ2n) is 3.10. The molecule has 1 heterocycles. The molecule has 0 aliphatic carbocycles. The predicted molar refractivity (Wildman–Crippen MR) is 50.6 cm³/mol. The molecular weight excluding hydrogens is 223 g/mol. The van der Waals surface area contributed by atoms with Crippen molar-refractivity contribution < 1.29 is 18.3 Å². The van der Waals surface area contributed by atoms with Crippen LogP contribution < -0.4 is 5.73 Å². The summed E-state index contributed by atoms with van der Waals surface area (Å²) in [6, 6.07) is 3.36. The highest BCUT2D eigenvalue weighted by atomic mass is 19.4. The van der Waals surface area contributed by atoms with Crippen LogP contribution >= 0.6 is 0 Å². The summed E-state index contributed by atoms with van der Waals surface area (Å²) in [6.45, 7) is 0. The molecule has 1 aromatic heterocycles. The Hall–Kier alpha value is -2.05. The van der Waals surface area contributed by atoms with Gasteiger partial charge >= 0.3 is 6.18 Å². The van der Waals surface area contributed by atoms with Crippen molar-refractivity contribution in [1.29, 1.82) is 0 Å². The maximum atomic E-state index is 12.6. The van der Waals surface area contributed by atoms with Crippen LogP contribution in [0.5, 0.6) is 5.88 Å². The van der Waals surface area contributed by atoms with Crippen LogP contribution in [-0.2, 0) is 6.18 Å².